The lowest BCUT2D eigenvalue weighted by Gasteiger charge is -2.15. The minimum Gasteiger partial charge on any atom is -0.497 e. The van der Waals surface area contributed by atoms with Crippen LogP contribution < -0.4 is 9.47 Å². The van der Waals surface area contributed by atoms with E-state index in [0.29, 0.717) is 0 Å². The minimum atomic E-state index is 0.871. The average molecular weight is 297 g/mol. The maximum absolute atomic E-state index is 5.23. The zero-order valence-corrected chi connectivity index (χ0v) is 13.7. The third-order valence-corrected chi connectivity index (χ3v) is 3.40. The highest BCUT2D eigenvalue weighted by atomic mass is 16.5. The summed E-state index contributed by atoms with van der Waals surface area (Å²) in [5, 5.41) is 0. The van der Waals surface area contributed by atoms with Crippen LogP contribution in [0.4, 0.5) is 0 Å². The summed E-state index contributed by atoms with van der Waals surface area (Å²) >= 11 is 0. The molecule has 0 fully saturated rings. The number of likely N-dealkylation sites (N-methyl/N-ethyl adjacent to an activating group) is 1. The number of rotatable bonds is 6. The molecule has 0 aliphatic rings. The Hall–Kier alpha value is -2.26. The Kier molecular flexibility index (Phi) is 5.61. The quantitative estimate of drug-likeness (QED) is 0.757. The van der Waals surface area contributed by atoms with E-state index in [2.05, 4.69) is 49.3 Å². The third kappa shape index (κ3) is 4.37. The highest BCUT2D eigenvalue weighted by Crippen LogP contribution is 2.22. The van der Waals surface area contributed by atoms with Gasteiger partial charge in [-0.1, -0.05) is 24.3 Å². The van der Waals surface area contributed by atoms with Gasteiger partial charge in [-0.15, -0.1) is 0 Å². The molecule has 0 N–H and O–H groups in total. The first kappa shape index (κ1) is 16.1. The topological polar surface area (TPSA) is 21.7 Å². The summed E-state index contributed by atoms with van der Waals surface area (Å²) in [7, 11) is 7.51. The zero-order chi connectivity index (χ0) is 15.9. The molecule has 0 aromatic heterocycles. The maximum atomic E-state index is 5.23. The van der Waals surface area contributed by atoms with Gasteiger partial charge < -0.3 is 14.4 Å². The molecule has 0 aliphatic heterocycles. The summed E-state index contributed by atoms with van der Waals surface area (Å²) in [6.07, 6.45) is 2.21. The summed E-state index contributed by atoms with van der Waals surface area (Å²) in [6, 6.07) is 16.3. The van der Waals surface area contributed by atoms with Gasteiger partial charge in [0.1, 0.15) is 11.5 Å². The number of nitrogens with zero attached hydrogens (tertiary/aromatic N) is 1. The molecule has 0 saturated heterocycles. The van der Waals surface area contributed by atoms with Gasteiger partial charge in [0.2, 0.25) is 0 Å². The normalized spacial score (nSPS) is 11.6. The van der Waals surface area contributed by atoms with Crippen LogP contribution in [0.15, 0.2) is 48.5 Å². The van der Waals surface area contributed by atoms with Crippen molar-refractivity contribution in [2.45, 2.75) is 0 Å². The number of methoxy groups -OCH3 is 2. The number of hydrogen-bond donors (Lipinski definition) is 0. The summed E-state index contributed by atoms with van der Waals surface area (Å²) in [5.74, 6) is 1.74. The van der Waals surface area contributed by atoms with Crippen molar-refractivity contribution in [3.05, 3.63) is 59.7 Å². The van der Waals surface area contributed by atoms with E-state index in [4.69, 9.17) is 9.47 Å². The molecule has 0 atom stereocenters. The summed E-state index contributed by atoms with van der Waals surface area (Å²) in [4.78, 5) is 2.17. The van der Waals surface area contributed by atoms with Gasteiger partial charge in [-0.2, -0.15) is 0 Å². The molecule has 0 saturated carbocycles. The first-order valence-corrected chi connectivity index (χ1v) is 7.26. The average Bonchev–Trinajstić information content (AvgIpc) is 2.54. The van der Waals surface area contributed by atoms with E-state index in [9.17, 15) is 0 Å². The van der Waals surface area contributed by atoms with Gasteiger partial charge in [0.05, 0.1) is 14.2 Å². The van der Waals surface area contributed by atoms with Crippen LogP contribution in [0, 0.1) is 0 Å². The Morgan fingerprint density at radius 1 is 0.864 bits per heavy atom. The molecule has 0 unspecified atom stereocenters. The number of hydrogen-bond acceptors (Lipinski definition) is 3. The Balaban J connectivity index is 2.32. The Morgan fingerprint density at radius 3 is 1.82 bits per heavy atom. The summed E-state index contributed by atoms with van der Waals surface area (Å²) in [5.41, 5.74) is 3.62. The van der Waals surface area contributed by atoms with Crippen LogP contribution in [0.5, 0.6) is 11.5 Å². The van der Waals surface area contributed by atoms with Crippen LogP contribution in [0.2, 0.25) is 0 Å². The molecule has 0 amide bonds. The largest absolute Gasteiger partial charge is 0.497 e. The lowest BCUT2D eigenvalue weighted by atomic mass is 10.0. The van der Waals surface area contributed by atoms with E-state index >= 15 is 0 Å². The van der Waals surface area contributed by atoms with Gasteiger partial charge in [-0.3, -0.25) is 0 Å². The SMILES string of the molecule is COc1ccc(/C=C(\CN(C)C)c2ccc(OC)cc2)cc1. The molecule has 2 rings (SSSR count). The van der Waals surface area contributed by atoms with Crippen LogP contribution in [-0.2, 0) is 0 Å². The van der Waals surface area contributed by atoms with Crippen molar-refractivity contribution in [2.24, 2.45) is 0 Å². The highest BCUT2D eigenvalue weighted by Gasteiger charge is 2.05. The molecule has 2 aromatic rings. The van der Waals surface area contributed by atoms with Crippen molar-refractivity contribution in [1.82, 2.24) is 4.90 Å². The van der Waals surface area contributed by atoms with E-state index < -0.39 is 0 Å². The van der Waals surface area contributed by atoms with Crippen molar-refractivity contribution in [1.29, 1.82) is 0 Å². The Morgan fingerprint density at radius 2 is 1.36 bits per heavy atom. The zero-order valence-electron chi connectivity index (χ0n) is 13.7. The molecule has 3 nitrogen and oxygen atoms in total. The van der Waals surface area contributed by atoms with E-state index in [0.717, 1.165) is 23.6 Å². The van der Waals surface area contributed by atoms with Gasteiger partial charge in [0.15, 0.2) is 0 Å². The predicted octanol–water partition coefficient (Wildman–Crippen LogP) is 3.81. The molecule has 3 heteroatoms. The second-order valence-corrected chi connectivity index (χ2v) is 5.41. The molecule has 0 spiro atoms. The van der Waals surface area contributed by atoms with Crippen LogP contribution in [-0.4, -0.2) is 39.8 Å². The first-order valence-electron chi connectivity index (χ1n) is 7.26. The van der Waals surface area contributed by atoms with Gasteiger partial charge in [0.25, 0.3) is 0 Å². The van der Waals surface area contributed by atoms with E-state index in [1.807, 2.05) is 24.3 Å². The number of benzene rings is 2. The molecule has 0 radical (unpaired) electrons. The van der Waals surface area contributed by atoms with Gasteiger partial charge in [-0.25, -0.2) is 0 Å². The molecule has 0 heterocycles. The molecule has 0 bridgehead atoms. The Bertz CT molecular complexity index is 613. The van der Waals surface area contributed by atoms with Crippen molar-refractivity contribution in [2.75, 3.05) is 34.9 Å². The third-order valence-electron chi connectivity index (χ3n) is 3.40. The molecule has 116 valence electrons. The van der Waals surface area contributed by atoms with Gasteiger partial charge in [-0.05, 0) is 61.1 Å². The fraction of sp³-hybridized carbons (Fsp3) is 0.263. The summed E-state index contributed by atoms with van der Waals surface area (Å²) in [6.45, 7) is 0.873. The lowest BCUT2D eigenvalue weighted by molar-refractivity contribution is 0.414. The monoisotopic (exact) mass is 297 g/mol. The summed E-state index contributed by atoms with van der Waals surface area (Å²) < 4.78 is 10.4. The van der Waals surface area contributed by atoms with Crippen molar-refractivity contribution in [3.63, 3.8) is 0 Å². The fourth-order valence-corrected chi connectivity index (χ4v) is 2.27. The second kappa shape index (κ2) is 7.66. The van der Waals surface area contributed by atoms with Gasteiger partial charge >= 0.3 is 0 Å². The smallest absolute Gasteiger partial charge is 0.118 e. The molecule has 22 heavy (non-hydrogen) atoms. The molecular formula is C19H23NO2. The van der Waals surface area contributed by atoms with Crippen molar-refractivity contribution in [3.8, 4) is 11.5 Å². The number of ether oxygens (including phenoxy) is 2. The van der Waals surface area contributed by atoms with E-state index in [1.165, 1.54) is 11.1 Å². The standard InChI is InChI=1S/C19H23NO2/c1-20(2)14-17(16-7-11-19(22-4)12-8-16)13-15-5-9-18(21-3)10-6-15/h5-13H,14H2,1-4H3/b17-13+. The van der Waals surface area contributed by atoms with Crippen LogP contribution in [0.3, 0.4) is 0 Å². The van der Waals surface area contributed by atoms with Crippen LogP contribution in [0.1, 0.15) is 11.1 Å². The van der Waals surface area contributed by atoms with Crippen molar-refractivity contribution < 1.29 is 9.47 Å². The maximum Gasteiger partial charge on any atom is 0.118 e. The molecule has 2 aromatic carbocycles. The van der Waals surface area contributed by atoms with Crippen molar-refractivity contribution >= 4 is 11.6 Å². The van der Waals surface area contributed by atoms with Crippen LogP contribution in [0.25, 0.3) is 11.6 Å². The second-order valence-electron chi connectivity index (χ2n) is 5.41. The molecular weight excluding hydrogens is 274 g/mol. The van der Waals surface area contributed by atoms with Gasteiger partial charge in [0, 0.05) is 6.54 Å². The fourth-order valence-electron chi connectivity index (χ4n) is 2.27. The van der Waals surface area contributed by atoms with Crippen LogP contribution >= 0.6 is 0 Å². The first-order chi connectivity index (χ1) is 10.6. The molecule has 0 aliphatic carbocycles. The minimum absolute atomic E-state index is 0.871. The Labute approximate surface area is 132 Å². The lowest BCUT2D eigenvalue weighted by Crippen LogP contribution is -2.14. The van der Waals surface area contributed by atoms with E-state index in [-0.39, 0.29) is 0 Å². The predicted molar refractivity (Wildman–Crippen MR) is 92.4 cm³/mol. The highest BCUT2D eigenvalue weighted by molar-refractivity contribution is 5.82. The van der Waals surface area contributed by atoms with E-state index in [1.54, 1.807) is 14.2 Å².